The number of aromatic nitrogens is 3. The molecule has 0 bridgehead atoms. The Morgan fingerprint density at radius 3 is 2.72 bits per heavy atom. The van der Waals surface area contributed by atoms with Crippen molar-refractivity contribution in [2.24, 2.45) is 5.41 Å². The first-order chi connectivity index (χ1) is 8.40. The molecule has 96 valence electrons. The maximum Gasteiger partial charge on any atom is 0.338 e. The molecule has 0 amide bonds. The van der Waals surface area contributed by atoms with Gasteiger partial charge in [-0.15, -0.1) is 10.2 Å². The van der Waals surface area contributed by atoms with E-state index in [1.807, 2.05) is 10.6 Å². The Balaban J connectivity index is 2.41. The number of ether oxygens (including phenoxy) is 1. The van der Waals surface area contributed by atoms with E-state index in [9.17, 15) is 4.79 Å². The van der Waals surface area contributed by atoms with Crippen LogP contribution in [0.3, 0.4) is 0 Å². The molecule has 0 radical (unpaired) electrons. The largest absolute Gasteiger partial charge is 0.465 e. The molecule has 2 heterocycles. The van der Waals surface area contributed by atoms with Crippen molar-refractivity contribution in [1.82, 2.24) is 14.6 Å². The first kappa shape index (κ1) is 12.5. The van der Waals surface area contributed by atoms with Gasteiger partial charge in [0.15, 0.2) is 5.65 Å². The van der Waals surface area contributed by atoms with Gasteiger partial charge in [-0.1, -0.05) is 20.8 Å². The lowest BCUT2D eigenvalue weighted by Crippen LogP contribution is -2.12. The first-order valence-corrected chi connectivity index (χ1v) is 5.83. The monoisotopic (exact) mass is 247 g/mol. The third kappa shape index (κ3) is 2.50. The molecule has 0 N–H and O–H groups in total. The van der Waals surface area contributed by atoms with Crippen molar-refractivity contribution in [3.8, 4) is 0 Å². The van der Waals surface area contributed by atoms with Gasteiger partial charge in [-0.05, 0) is 17.5 Å². The van der Waals surface area contributed by atoms with Gasteiger partial charge in [-0.2, -0.15) is 0 Å². The van der Waals surface area contributed by atoms with Crippen LogP contribution in [0.5, 0.6) is 0 Å². The maximum absolute atomic E-state index is 11.4. The van der Waals surface area contributed by atoms with Gasteiger partial charge in [-0.3, -0.25) is 4.40 Å². The van der Waals surface area contributed by atoms with Crippen LogP contribution in [0.2, 0.25) is 0 Å². The van der Waals surface area contributed by atoms with E-state index in [1.54, 1.807) is 12.1 Å². The molecule has 2 rings (SSSR count). The Morgan fingerprint density at radius 1 is 1.39 bits per heavy atom. The second kappa shape index (κ2) is 4.40. The average molecular weight is 247 g/mol. The molecule has 0 fully saturated rings. The van der Waals surface area contributed by atoms with Gasteiger partial charge in [0, 0.05) is 12.6 Å². The first-order valence-electron chi connectivity index (χ1n) is 5.83. The number of fused-ring (bicyclic) bond motifs is 1. The summed E-state index contributed by atoms with van der Waals surface area (Å²) in [5, 5.41) is 8.25. The maximum atomic E-state index is 11.4. The number of esters is 1. The van der Waals surface area contributed by atoms with Crippen LogP contribution in [-0.4, -0.2) is 27.7 Å². The molecular weight excluding hydrogens is 230 g/mol. The minimum Gasteiger partial charge on any atom is -0.465 e. The Labute approximate surface area is 106 Å². The van der Waals surface area contributed by atoms with Crippen LogP contribution < -0.4 is 0 Å². The standard InChI is InChI=1S/C13H17N3O2/c1-13(2,3)8-11-15-14-10-7-9(12(17)18-4)5-6-16(10)11/h5-7H,8H2,1-4H3. The van der Waals surface area contributed by atoms with E-state index in [2.05, 4.69) is 35.7 Å². The number of pyridine rings is 1. The van der Waals surface area contributed by atoms with E-state index in [0.717, 1.165) is 12.2 Å². The fraction of sp³-hybridized carbons (Fsp3) is 0.462. The summed E-state index contributed by atoms with van der Waals surface area (Å²) in [6, 6.07) is 3.40. The number of nitrogens with zero attached hydrogens (tertiary/aromatic N) is 3. The smallest absolute Gasteiger partial charge is 0.338 e. The van der Waals surface area contributed by atoms with Crippen molar-refractivity contribution in [1.29, 1.82) is 0 Å². The third-order valence-electron chi connectivity index (χ3n) is 2.59. The second-order valence-corrected chi connectivity index (χ2v) is 5.49. The minimum absolute atomic E-state index is 0.143. The number of carbonyl (C=O) groups is 1. The van der Waals surface area contributed by atoms with Crippen LogP contribution in [0.1, 0.15) is 37.0 Å². The molecule has 2 aromatic rings. The summed E-state index contributed by atoms with van der Waals surface area (Å²) < 4.78 is 6.58. The number of hydrogen-bond acceptors (Lipinski definition) is 4. The van der Waals surface area contributed by atoms with Gasteiger partial charge in [-0.25, -0.2) is 4.79 Å². The molecule has 0 aliphatic rings. The minimum atomic E-state index is -0.363. The van der Waals surface area contributed by atoms with E-state index in [1.165, 1.54) is 7.11 Å². The van der Waals surface area contributed by atoms with Crippen molar-refractivity contribution in [3.05, 3.63) is 29.7 Å². The van der Waals surface area contributed by atoms with Gasteiger partial charge in [0.2, 0.25) is 0 Å². The third-order valence-corrected chi connectivity index (χ3v) is 2.59. The van der Waals surface area contributed by atoms with E-state index in [0.29, 0.717) is 11.2 Å². The Bertz CT molecular complexity index is 581. The van der Waals surface area contributed by atoms with Crippen molar-refractivity contribution in [2.45, 2.75) is 27.2 Å². The van der Waals surface area contributed by atoms with Crippen LogP contribution in [-0.2, 0) is 11.2 Å². The van der Waals surface area contributed by atoms with Crippen molar-refractivity contribution in [3.63, 3.8) is 0 Å². The summed E-state index contributed by atoms with van der Waals surface area (Å²) in [5.41, 5.74) is 1.29. The van der Waals surface area contributed by atoms with E-state index in [4.69, 9.17) is 0 Å². The molecule has 0 atom stereocenters. The van der Waals surface area contributed by atoms with Crippen LogP contribution in [0.15, 0.2) is 18.3 Å². The highest BCUT2D eigenvalue weighted by Gasteiger charge is 2.16. The molecule has 5 heteroatoms. The lowest BCUT2D eigenvalue weighted by atomic mass is 9.92. The average Bonchev–Trinajstić information content (AvgIpc) is 2.68. The zero-order valence-corrected chi connectivity index (χ0v) is 11.1. The van der Waals surface area contributed by atoms with Crippen molar-refractivity contribution < 1.29 is 9.53 Å². The molecule has 0 aliphatic carbocycles. The van der Waals surface area contributed by atoms with E-state index < -0.39 is 0 Å². The number of carbonyl (C=O) groups excluding carboxylic acids is 1. The van der Waals surface area contributed by atoms with Gasteiger partial charge in [0.1, 0.15) is 5.82 Å². The molecule has 18 heavy (non-hydrogen) atoms. The highest BCUT2D eigenvalue weighted by molar-refractivity contribution is 5.90. The fourth-order valence-corrected chi connectivity index (χ4v) is 1.78. The predicted molar refractivity (Wildman–Crippen MR) is 67.5 cm³/mol. The van der Waals surface area contributed by atoms with Gasteiger partial charge >= 0.3 is 5.97 Å². The topological polar surface area (TPSA) is 56.5 Å². The number of hydrogen-bond donors (Lipinski definition) is 0. The summed E-state index contributed by atoms with van der Waals surface area (Å²) in [6.45, 7) is 6.45. The van der Waals surface area contributed by atoms with Crippen LogP contribution in [0.4, 0.5) is 0 Å². The Kier molecular flexibility index (Phi) is 3.07. The summed E-state index contributed by atoms with van der Waals surface area (Å²) in [6.07, 6.45) is 2.63. The van der Waals surface area contributed by atoms with Crippen LogP contribution >= 0.6 is 0 Å². The van der Waals surface area contributed by atoms with Crippen LogP contribution in [0.25, 0.3) is 5.65 Å². The summed E-state index contributed by atoms with van der Waals surface area (Å²) in [4.78, 5) is 11.4. The Hall–Kier alpha value is -1.91. The summed E-state index contributed by atoms with van der Waals surface area (Å²) in [7, 11) is 1.36. The molecule has 0 aliphatic heterocycles. The molecule has 0 spiro atoms. The van der Waals surface area contributed by atoms with Crippen molar-refractivity contribution >= 4 is 11.6 Å². The normalized spacial score (nSPS) is 11.8. The Morgan fingerprint density at radius 2 is 2.11 bits per heavy atom. The summed E-state index contributed by atoms with van der Waals surface area (Å²) >= 11 is 0. The second-order valence-electron chi connectivity index (χ2n) is 5.49. The number of rotatable bonds is 2. The molecule has 2 aromatic heterocycles. The number of methoxy groups -OCH3 is 1. The lowest BCUT2D eigenvalue weighted by Gasteiger charge is -2.16. The zero-order chi connectivity index (χ0) is 13.3. The van der Waals surface area contributed by atoms with E-state index >= 15 is 0 Å². The van der Waals surface area contributed by atoms with Gasteiger partial charge < -0.3 is 4.74 Å². The predicted octanol–water partition coefficient (Wildman–Crippen LogP) is 2.10. The molecule has 0 saturated carbocycles. The van der Waals surface area contributed by atoms with Gasteiger partial charge in [0.25, 0.3) is 0 Å². The van der Waals surface area contributed by atoms with Gasteiger partial charge in [0.05, 0.1) is 12.7 Å². The lowest BCUT2D eigenvalue weighted by molar-refractivity contribution is 0.0600. The fourth-order valence-electron chi connectivity index (χ4n) is 1.78. The quantitative estimate of drug-likeness (QED) is 0.763. The summed E-state index contributed by atoms with van der Waals surface area (Å²) in [5.74, 6) is 0.534. The molecule has 5 nitrogen and oxygen atoms in total. The highest BCUT2D eigenvalue weighted by Crippen LogP contribution is 2.20. The van der Waals surface area contributed by atoms with E-state index in [-0.39, 0.29) is 11.4 Å². The van der Waals surface area contributed by atoms with Crippen molar-refractivity contribution in [2.75, 3.05) is 7.11 Å². The molecular formula is C13H17N3O2. The molecule has 0 saturated heterocycles. The SMILES string of the molecule is COC(=O)c1ccn2c(CC(C)(C)C)nnc2c1. The molecule has 0 unspecified atom stereocenters. The zero-order valence-electron chi connectivity index (χ0n) is 11.1. The van der Waals surface area contributed by atoms with Crippen LogP contribution in [0, 0.1) is 5.41 Å². The highest BCUT2D eigenvalue weighted by atomic mass is 16.5. The molecule has 0 aromatic carbocycles.